The Hall–Kier alpha value is -4.18. The molecule has 1 atom stereocenters. The summed E-state index contributed by atoms with van der Waals surface area (Å²) in [5.41, 5.74) is 2.89. The van der Waals surface area contributed by atoms with E-state index in [0.29, 0.717) is 39.6 Å². The first-order chi connectivity index (χ1) is 16.1. The molecule has 33 heavy (non-hydrogen) atoms. The zero-order valence-electron chi connectivity index (χ0n) is 17.2. The fraction of sp³-hybridized carbons (Fsp3) is 0.0870. The summed E-state index contributed by atoms with van der Waals surface area (Å²) >= 11 is 1.41. The number of fused-ring (bicyclic) bond motifs is 3. The number of anilines is 1. The van der Waals surface area contributed by atoms with E-state index in [4.69, 9.17) is 9.15 Å². The highest BCUT2D eigenvalue weighted by molar-refractivity contribution is 7.99. The Bertz CT molecular complexity index is 1340. The van der Waals surface area contributed by atoms with E-state index in [2.05, 4.69) is 27.1 Å². The van der Waals surface area contributed by atoms with Gasteiger partial charge in [0, 0.05) is 34.7 Å². The quantitative estimate of drug-likeness (QED) is 0.173. The second-order valence-electron chi connectivity index (χ2n) is 7.04. The predicted octanol–water partition coefficient (Wildman–Crippen LogP) is 5.49. The molecular weight excluding hydrogens is 442 g/mol. The van der Waals surface area contributed by atoms with Gasteiger partial charge in [-0.1, -0.05) is 36.0 Å². The summed E-state index contributed by atoms with van der Waals surface area (Å²) < 4.78 is 12.2. The van der Waals surface area contributed by atoms with Crippen LogP contribution in [0.1, 0.15) is 12.0 Å². The fourth-order valence-electron chi connectivity index (χ4n) is 3.37. The molecule has 10 heteroatoms. The SMILES string of the molecule is C=CCSc1nnc2c(n1)O[C@@H](c1ccc(-c3ccc([N+](=O)[O-])cc3)o1)Nc1ccccc1-2. The van der Waals surface area contributed by atoms with Gasteiger partial charge < -0.3 is 14.5 Å². The van der Waals surface area contributed by atoms with Gasteiger partial charge in [0.1, 0.15) is 5.76 Å². The largest absolute Gasteiger partial charge is 0.455 e. The number of thioether (sulfide) groups is 1. The van der Waals surface area contributed by atoms with Crippen LogP contribution >= 0.6 is 11.8 Å². The van der Waals surface area contributed by atoms with Crippen molar-refractivity contribution in [1.82, 2.24) is 15.2 Å². The van der Waals surface area contributed by atoms with Crippen molar-refractivity contribution < 1.29 is 14.1 Å². The Balaban J connectivity index is 1.50. The molecule has 0 saturated carbocycles. The summed E-state index contributed by atoms with van der Waals surface area (Å²) in [5, 5.41) is 23.3. The van der Waals surface area contributed by atoms with Crippen LogP contribution in [0.4, 0.5) is 11.4 Å². The van der Waals surface area contributed by atoms with Crippen LogP contribution in [0.15, 0.2) is 82.9 Å². The molecule has 1 aliphatic rings. The number of benzene rings is 2. The first-order valence-corrected chi connectivity index (χ1v) is 11.0. The molecule has 0 saturated heterocycles. The molecule has 2 aromatic heterocycles. The van der Waals surface area contributed by atoms with Crippen molar-refractivity contribution in [3.8, 4) is 28.5 Å². The lowest BCUT2D eigenvalue weighted by molar-refractivity contribution is -0.384. The average Bonchev–Trinajstić information content (AvgIpc) is 3.27. The van der Waals surface area contributed by atoms with Gasteiger partial charge in [0.05, 0.1) is 4.92 Å². The van der Waals surface area contributed by atoms with Crippen molar-refractivity contribution in [2.45, 2.75) is 11.4 Å². The first kappa shape index (κ1) is 20.7. The second kappa shape index (κ2) is 8.75. The van der Waals surface area contributed by atoms with Crippen LogP contribution in [0.25, 0.3) is 22.6 Å². The van der Waals surface area contributed by atoms with Crippen LogP contribution in [0.5, 0.6) is 5.88 Å². The van der Waals surface area contributed by atoms with Crippen molar-refractivity contribution in [1.29, 1.82) is 0 Å². The van der Waals surface area contributed by atoms with E-state index in [0.717, 1.165) is 11.3 Å². The molecule has 0 unspecified atom stereocenters. The Morgan fingerprint density at radius 1 is 1.12 bits per heavy atom. The Morgan fingerprint density at radius 2 is 1.94 bits per heavy atom. The van der Waals surface area contributed by atoms with Gasteiger partial charge in [-0.05, 0) is 30.3 Å². The van der Waals surface area contributed by atoms with E-state index in [1.165, 1.54) is 23.9 Å². The minimum Gasteiger partial charge on any atom is -0.455 e. The van der Waals surface area contributed by atoms with Crippen molar-refractivity contribution in [3.05, 3.63) is 89.2 Å². The summed E-state index contributed by atoms with van der Waals surface area (Å²) in [5.74, 6) is 2.07. The fourth-order valence-corrected chi connectivity index (χ4v) is 3.88. The van der Waals surface area contributed by atoms with E-state index >= 15 is 0 Å². The zero-order valence-corrected chi connectivity index (χ0v) is 18.0. The molecule has 1 aliphatic heterocycles. The minimum atomic E-state index is -0.673. The third-order valence-corrected chi connectivity index (χ3v) is 5.75. The lowest BCUT2D eigenvalue weighted by atomic mass is 10.1. The first-order valence-electron chi connectivity index (χ1n) is 9.98. The maximum absolute atomic E-state index is 10.9. The summed E-state index contributed by atoms with van der Waals surface area (Å²) in [7, 11) is 0. The number of nitro benzene ring substituents is 1. The molecule has 0 fully saturated rings. The topological polar surface area (TPSA) is 116 Å². The predicted molar refractivity (Wildman–Crippen MR) is 124 cm³/mol. The molecule has 9 nitrogen and oxygen atoms in total. The molecule has 0 spiro atoms. The molecular formula is C23H17N5O4S. The van der Waals surface area contributed by atoms with Crippen LogP contribution in [0.3, 0.4) is 0 Å². The highest BCUT2D eigenvalue weighted by Gasteiger charge is 2.28. The van der Waals surface area contributed by atoms with Crippen LogP contribution < -0.4 is 10.1 Å². The van der Waals surface area contributed by atoms with Gasteiger partial charge >= 0.3 is 0 Å². The van der Waals surface area contributed by atoms with E-state index in [1.807, 2.05) is 24.3 Å². The lowest BCUT2D eigenvalue weighted by Gasteiger charge is -2.16. The molecule has 2 aromatic carbocycles. The maximum Gasteiger partial charge on any atom is 0.269 e. The number of nitro groups is 1. The van der Waals surface area contributed by atoms with Crippen molar-refractivity contribution in [2.75, 3.05) is 11.1 Å². The minimum absolute atomic E-state index is 0.0184. The average molecular weight is 459 g/mol. The molecule has 0 amide bonds. The van der Waals surface area contributed by atoms with Gasteiger partial charge in [0.25, 0.3) is 5.69 Å². The van der Waals surface area contributed by atoms with E-state index in [-0.39, 0.29) is 5.69 Å². The van der Waals surface area contributed by atoms with E-state index in [9.17, 15) is 10.1 Å². The molecule has 1 N–H and O–H groups in total. The molecule has 0 aliphatic carbocycles. The Morgan fingerprint density at radius 3 is 2.73 bits per heavy atom. The Labute approximate surface area is 192 Å². The van der Waals surface area contributed by atoms with Gasteiger partial charge in [-0.25, -0.2) is 0 Å². The standard InChI is InChI=1S/C23H17N5O4S/c1-2-13-33-23-25-22-20(26-27-23)16-5-3-4-6-17(16)24-21(32-22)19-12-11-18(31-19)14-7-9-15(10-8-14)28(29)30/h2-12,21,24H,1,13H2/t21-/m0/s1. The maximum atomic E-state index is 10.9. The zero-order chi connectivity index (χ0) is 22.8. The number of hydrogen-bond acceptors (Lipinski definition) is 9. The molecule has 164 valence electrons. The number of aromatic nitrogens is 3. The smallest absolute Gasteiger partial charge is 0.269 e. The van der Waals surface area contributed by atoms with Crippen LogP contribution in [0, 0.1) is 10.1 Å². The van der Waals surface area contributed by atoms with Crippen LogP contribution in [-0.4, -0.2) is 25.9 Å². The summed E-state index contributed by atoms with van der Waals surface area (Å²) in [6.07, 6.45) is 1.09. The number of nitrogens with zero attached hydrogens (tertiary/aromatic N) is 4. The Kier molecular flexibility index (Phi) is 5.49. The van der Waals surface area contributed by atoms with Gasteiger partial charge in [-0.2, -0.15) is 4.98 Å². The number of ether oxygens (including phenoxy) is 1. The van der Waals surface area contributed by atoms with Gasteiger partial charge in [-0.15, -0.1) is 16.8 Å². The van der Waals surface area contributed by atoms with Crippen molar-refractivity contribution in [3.63, 3.8) is 0 Å². The number of para-hydroxylation sites is 1. The monoisotopic (exact) mass is 459 g/mol. The molecule has 0 bridgehead atoms. The van der Waals surface area contributed by atoms with Gasteiger partial charge in [-0.3, -0.25) is 10.1 Å². The number of nitrogens with one attached hydrogen (secondary N) is 1. The third-order valence-electron chi connectivity index (χ3n) is 4.91. The number of hydrogen-bond donors (Lipinski definition) is 1. The molecule has 5 rings (SSSR count). The summed E-state index contributed by atoms with van der Waals surface area (Å²) in [6, 6.07) is 17.4. The molecule has 4 aromatic rings. The number of rotatable bonds is 6. The van der Waals surface area contributed by atoms with Crippen molar-refractivity contribution in [2.24, 2.45) is 0 Å². The number of non-ortho nitro benzene ring substituents is 1. The highest BCUT2D eigenvalue weighted by Crippen LogP contribution is 2.40. The highest BCUT2D eigenvalue weighted by atomic mass is 32.2. The molecule has 0 radical (unpaired) electrons. The van der Waals surface area contributed by atoms with Crippen LogP contribution in [-0.2, 0) is 0 Å². The summed E-state index contributed by atoms with van der Waals surface area (Å²) in [6.45, 7) is 3.72. The number of furan rings is 1. The summed E-state index contributed by atoms with van der Waals surface area (Å²) in [4.78, 5) is 15.0. The normalized spacial score (nSPS) is 14.2. The van der Waals surface area contributed by atoms with Crippen LogP contribution in [0.2, 0.25) is 0 Å². The van der Waals surface area contributed by atoms with Gasteiger partial charge in [0.15, 0.2) is 11.5 Å². The van der Waals surface area contributed by atoms with Crippen molar-refractivity contribution >= 4 is 23.1 Å². The van der Waals surface area contributed by atoms with E-state index < -0.39 is 11.2 Å². The molecule has 3 heterocycles. The van der Waals surface area contributed by atoms with Gasteiger partial charge in [0.2, 0.25) is 17.3 Å². The van der Waals surface area contributed by atoms with E-state index in [1.54, 1.807) is 30.3 Å². The third kappa shape index (κ3) is 4.15. The lowest BCUT2D eigenvalue weighted by Crippen LogP contribution is -2.16. The second-order valence-corrected chi connectivity index (χ2v) is 8.03.